The Bertz CT molecular complexity index is 294. The van der Waals surface area contributed by atoms with Crippen LogP contribution in [0.2, 0.25) is 0 Å². The Morgan fingerprint density at radius 1 is 1.64 bits per heavy atom. The Balaban J connectivity index is 1.83. The molecule has 2 unspecified atom stereocenters. The molecule has 14 heavy (non-hydrogen) atoms. The number of hydrogen-bond acceptors (Lipinski definition) is 3. The number of rotatable bonds is 3. The Labute approximate surface area is 89.0 Å². The minimum Gasteiger partial charge on any atom is -0.392 e. The number of aliphatic hydroxyl groups is 1. The summed E-state index contributed by atoms with van der Waals surface area (Å²) in [6, 6.07) is 2.59. The maximum absolute atomic E-state index is 9.57. The van der Waals surface area contributed by atoms with E-state index in [1.54, 1.807) is 11.3 Å². The minimum atomic E-state index is -0.137. The van der Waals surface area contributed by atoms with Gasteiger partial charge in [-0.3, -0.25) is 0 Å². The van der Waals surface area contributed by atoms with Gasteiger partial charge < -0.3 is 10.4 Å². The monoisotopic (exact) mass is 211 g/mol. The lowest BCUT2D eigenvalue weighted by Crippen LogP contribution is -2.59. The van der Waals surface area contributed by atoms with Crippen molar-refractivity contribution in [1.29, 1.82) is 0 Å². The fourth-order valence-corrected chi connectivity index (χ4v) is 2.55. The van der Waals surface area contributed by atoms with E-state index in [1.807, 2.05) is 0 Å². The molecular formula is C11H17NOS. The lowest BCUT2D eigenvalue weighted by Gasteiger charge is -2.49. The fraction of sp³-hybridized carbons (Fsp3) is 0.636. The molecule has 2 rings (SSSR count). The van der Waals surface area contributed by atoms with Crippen molar-refractivity contribution < 1.29 is 5.11 Å². The van der Waals surface area contributed by atoms with Crippen LogP contribution in [0.1, 0.15) is 25.8 Å². The Morgan fingerprint density at radius 2 is 2.43 bits per heavy atom. The maximum atomic E-state index is 9.57. The topological polar surface area (TPSA) is 32.3 Å². The van der Waals surface area contributed by atoms with Gasteiger partial charge in [0, 0.05) is 18.0 Å². The molecule has 1 heterocycles. The molecule has 2 N–H and O–H groups in total. The first-order valence-electron chi connectivity index (χ1n) is 5.03. The molecule has 1 fully saturated rings. The number of hydrogen-bond donors (Lipinski definition) is 2. The van der Waals surface area contributed by atoms with Crippen LogP contribution >= 0.6 is 11.3 Å². The lowest BCUT2D eigenvalue weighted by atomic mass is 9.64. The summed E-state index contributed by atoms with van der Waals surface area (Å²) in [7, 11) is 0. The second kappa shape index (κ2) is 3.65. The number of aliphatic hydroxyl groups excluding tert-OH is 1. The molecule has 1 saturated carbocycles. The average Bonchev–Trinajstić information content (AvgIpc) is 2.64. The van der Waals surface area contributed by atoms with E-state index in [-0.39, 0.29) is 11.5 Å². The van der Waals surface area contributed by atoms with Crippen LogP contribution in [0.25, 0.3) is 0 Å². The van der Waals surface area contributed by atoms with Crippen molar-refractivity contribution in [3.05, 3.63) is 22.4 Å². The van der Waals surface area contributed by atoms with E-state index in [2.05, 4.69) is 36.0 Å². The Hall–Kier alpha value is -0.380. The van der Waals surface area contributed by atoms with Gasteiger partial charge in [-0.05, 0) is 28.8 Å². The molecule has 1 aliphatic rings. The average molecular weight is 211 g/mol. The fourth-order valence-electron chi connectivity index (χ4n) is 1.88. The van der Waals surface area contributed by atoms with Crippen LogP contribution in [0.15, 0.2) is 16.8 Å². The van der Waals surface area contributed by atoms with Crippen molar-refractivity contribution in [3.63, 3.8) is 0 Å². The first kappa shape index (κ1) is 10.1. The van der Waals surface area contributed by atoms with Crippen molar-refractivity contribution in [3.8, 4) is 0 Å². The van der Waals surface area contributed by atoms with Crippen molar-refractivity contribution in [2.24, 2.45) is 5.41 Å². The molecule has 2 atom stereocenters. The molecule has 0 amide bonds. The summed E-state index contributed by atoms with van der Waals surface area (Å²) in [6.07, 6.45) is 0.749. The molecule has 3 heteroatoms. The molecule has 1 aromatic rings. The molecule has 0 saturated heterocycles. The summed E-state index contributed by atoms with van der Waals surface area (Å²) in [6.45, 7) is 5.16. The van der Waals surface area contributed by atoms with Crippen LogP contribution in [0.5, 0.6) is 0 Å². The molecule has 0 aliphatic heterocycles. The quantitative estimate of drug-likeness (QED) is 0.801. The third kappa shape index (κ3) is 1.72. The lowest BCUT2D eigenvalue weighted by molar-refractivity contribution is -0.0729. The van der Waals surface area contributed by atoms with Gasteiger partial charge in [0.15, 0.2) is 0 Å². The highest BCUT2D eigenvalue weighted by molar-refractivity contribution is 7.07. The van der Waals surface area contributed by atoms with Crippen molar-refractivity contribution in [2.45, 2.75) is 39.0 Å². The Morgan fingerprint density at radius 3 is 2.93 bits per heavy atom. The third-order valence-electron chi connectivity index (χ3n) is 3.35. The minimum absolute atomic E-state index is 0.0377. The van der Waals surface area contributed by atoms with Gasteiger partial charge in [0.1, 0.15) is 0 Å². The molecule has 1 aromatic heterocycles. The highest BCUT2D eigenvalue weighted by Gasteiger charge is 2.46. The second-order valence-corrected chi connectivity index (χ2v) is 5.42. The summed E-state index contributed by atoms with van der Waals surface area (Å²) in [5.74, 6) is 0. The molecular weight excluding hydrogens is 194 g/mol. The highest BCUT2D eigenvalue weighted by Crippen LogP contribution is 2.40. The smallest absolute Gasteiger partial charge is 0.0621 e. The number of thiophene rings is 1. The van der Waals surface area contributed by atoms with Crippen molar-refractivity contribution >= 4 is 11.3 Å². The normalized spacial score (nSPS) is 29.9. The van der Waals surface area contributed by atoms with E-state index >= 15 is 0 Å². The Kier molecular flexibility index (Phi) is 2.64. The third-order valence-corrected chi connectivity index (χ3v) is 4.08. The van der Waals surface area contributed by atoms with Crippen LogP contribution in [0.4, 0.5) is 0 Å². The van der Waals surface area contributed by atoms with E-state index in [4.69, 9.17) is 0 Å². The van der Waals surface area contributed by atoms with Gasteiger partial charge in [-0.1, -0.05) is 13.8 Å². The van der Waals surface area contributed by atoms with E-state index in [0.29, 0.717) is 6.04 Å². The van der Waals surface area contributed by atoms with Crippen LogP contribution in [0, 0.1) is 5.41 Å². The predicted molar refractivity (Wildman–Crippen MR) is 59.4 cm³/mol. The van der Waals surface area contributed by atoms with Crippen LogP contribution in [0.3, 0.4) is 0 Å². The van der Waals surface area contributed by atoms with Gasteiger partial charge in [-0.2, -0.15) is 11.3 Å². The first-order chi connectivity index (χ1) is 6.60. The summed E-state index contributed by atoms with van der Waals surface area (Å²) in [5, 5.41) is 17.3. The maximum Gasteiger partial charge on any atom is 0.0621 e. The van der Waals surface area contributed by atoms with Crippen LogP contribution in [-0.4, -0.2) is 17.3 Å². The summed E-state index contributed by atoms with van der Waals surface area (Å²) >= 11 is 1.73. The largest absolute Gasteiger partial charge is 0.392 e. The molecule has 78 valence electrons. The van der Waals surface area contributed by atoms with Crippen LogP contribution < -0.4 is 5.32 Å². The van der Waals surface area contributed by atoms with Crippen molar-refractivity contribution in [2.75, 3.05) is 0 Å². The molecule has 1 aliphatic carbocycles. The predicted octanol–water partition coefficient (Wildman–Crippen LogP) is 2.00. The van der Waals surface area contributed by atoms with E-state index in [9.17, 15) is 5.11 Å². The summed E-state index contributed by atoms with van der Waals surface area (Å²) in [5.41, 5.74) is 1.38. The summed E-state index contributed by atoms with van der Waals surface area (Å²) in [4.78, 5) is 0. The van der Waals surface area contributed by atoms with E-state index in [1.165, 1.54) is 5.56 Å². The van der Waals surface area contributed by atoms with Crippen molar-refractivity contribution in [1.82, 2.24) is 5.32 Å². The van der Waals surface area contributed by atoms with Crippen LogP contribution in [-0.2, 0) is 6.54 Å². The van der Waals surface area contributed by atoms with E-state index < -0.39 is 0 Å². The summed E-state index contributed by atoms with van der Waals surface area (Å²) < 4.78 is 0. The molecule has 2 nitrogen and oxygen atoms in total. The standard InChI is InChI=1S/C11H17NOS/c1-11(2)9(5-10(11)13)12-6-8-3-4-14-7-8/h3-4,7,9-10,12-13H,5-6H2,1-2H3. The zero-order valence-corrected chi connectivity index (χ0v) is 9.47. The highest BCUT2D eigenvalue weighted by atomic mass is 32.1. The second-order valence-electron chi connectivity index (χ2n) is 4.64. The SMILES string of the molecule is CC1(C)C(O)CC1NCc1ccsc1. The van der Waals surface area contributed by atoms with Gasteiger partial charge in [0.2, 0.25) is 0 Å². The molecule has 0 bridgehead atoms. The molecule has 0 spiro atoms. The van der Waals surface area contributed by atoms with E-state index in [0.717, 1.165) is 13.0 Å². The van der Waals surface area contributed by atoms with Gasteiger partial charge in [-0.15, -0.1) is 0 Å². The number of nitrogens with one attached hydrogen (secondary N) is 1. The first-order valence-corrected chi connectivity index (χ1v) is 5.97. The van der Waals surface area contributed by atoms with Gasteiger partial charge in [-0.25, -0.2) is 0 Å². The van der Waals surface area contributed by atoms with Gasteiger partial charge in [0.05, 0.1) is 6.10 Å². The zero-order valence-electron chi connectivity index (χ0n) is 8.66. The molecule has 0 radical (unpaired) electrons. The zero-order chi connectivity index (χ0) is 10.2. The van der Waals surface area contributed by atoms with Gasteiger partial charge in [0.25, 0.3) is 0 Å². The molecule has 0 aromatic carbocycles. The van der Waals surface area contributed by atoms with Gasteiger partial charge >= 0.3 is 0 Å².